The molecule has 1 aliphatic carbocycles. The lowest BCUT2D eigenvalue weighted by Gasteiger charge is -2.42. The summed E-state index contributed by atoms with van der Waals surface area (Å²) in [5.41, 5.74) is 5.87. The summed E-state index contributed by atoms with van der Waals surface area (Å²) in [4.78, 5) is 14.5. The minimum absolute atomic E-state index is 0.0365. The van der Waals surface area contributed by atoms with E-state index in [1.165, 1.54) is 0 Å². The standard InChI is InChI=1S/C19H25ClN2O3/c1-3-17(21)19(24-2)7-4-13(5-8-19)25-16-10-12-6-9-22-18(23)14(12)11-15(16)20/h6,9-11,13,17H,3-5,7-8,21H2,1-2H3,(H,22,23). The van der Waals surface area contributed by atoms with Crippen LogP contribution in [0.5, 0.6) is 5.75 Å². The number of hydrogen-bond donors (Lipinski definition) is 2. The Hall–Kier alpha value is -1.56. The second kappa shape index (κ2) is 7.36. The van der Waals surface area contributed by atoms with Crippen LogP contribution in [0, 0.1) is 0 Å². The molecule has 0 radical (unpaired) electrons. The third-order valence-corrected chi connectivity index (χ3v) is 5.72. The van der Waals surface area contributed by atoms with Gasteiger partial charge in [0.15, 0.2) is 0 Å². The number of rotatable bonds is 5. The van der Waals surface area contributed by atoms with Gasteiger partial charge in [0.05, 0.1) is 16.7 Å². The average molecular weight is 365 g/mol. The van der Waals surface area contributed by atoms with Crippen molar-refractivity contribution >= 4 is 22.4 Å². The van der Waals surface area contributed by atoms with E-state index in [0.29, 0.717) is 16.2 Å². The third-order valence-electron chi connectivity index (χ3n) is 5.42. The molecule has 1 unspecified atom stereocenters. The molecule has 0 bridgehead atoms. The van der Waals surface area contributed by atoms with Crippen LogP contribution in [0.4, 0.5) is 0 Å². The maximum absolute atomic E-state index is 11.8. The Balaban J connectivity index is 1.75. The summed E-state index contributed by atoms with van der Waals surface area (Å²) in [7, 11) is 1.74. The van der Waals surface area contributed by atoms with E-state index in [9.17, 15) is 4.79 Å². The molecule has 0 amide bonds. The Morgan fingerprint density at radius 3 is 2.76 bits per heavy atom. The van der Waals surface area contributed by atoms with Crippen LogP contribution in [0.3, 0.4) is 0 Å². The van der Waals surface area contributed by atoms with Gasteiger partial charge in [-0.2, -0.15) is 0 Å². The molecule has 5 nitrogen and oxygen atoms in total. The Labute approximate surface area is 152 Å². The van der Waals surface area contributed by atoms with Crippen molar-refractivity contribution in [2.24, 2.45) is 5.73 Å². The SMILES string of the molecule is CCC(N)C1(OC)CCC(Oc2cc3cc[nH]c(=O)c3cc2Cl)CC1. The molecule has 1 saturated carbocycles. The van der Waals surface area contributed by atoms with Gasteiger partial charge >= 0.3 is 0 Å². The van der Waals surface area contributed by atoms with Crippen LogP contribution in [0.1, 0.15) is 39.0 Å². The summed E-state index contributed by atoms with van der Waals surface area (Å²) in [5, 5.41) is 1.84. The number of hydrogen-bond acceptors (Lipinski definition) is 4. The first-order chi connectivity index (χ1) is 12.0. The Bertz CT molecular complexity index is 797. The van der Waals surface area contributed by atoms with Gasteiger partial charge < -0.3 is 20.2 Å². The van der Waals surface area contributed by atoms with Crippen LogP contribution in [0.2, 0.25) is 5.02 Å². The highest BCUT2D eigenvalue weighted by molar-refractivity contribution is 6.32. The molecule has 3 N–H and O–H groups in total. The number of halogens is 1. The van der Waals surface area contributed by atoms with E-state index in [-0.39, 0.29) is 23.3 Å². The van der Waals surface area contributed by atoms with Crippen molar-refractivity contribution in [3.8, 4) is 5.75 Å². The fourth-order valence-electron chi connectivity index (χ4n) is 3.75. The van der Waals surface area contributed by atoms with Gasteiger partial charge in [-0.25, -0.2) is 0 Å². The topological polar surface area (TPSA) is 77.3 Å². The molecule has 1 atom stereocenters. The number of pyridine rings is 1. The normalized spacial score (nSPS) is 25.0. The molecule has 1 aromatic heterocycles. The van der Waals surface area contributed by atoms with Gasteiger partial charge in [0.1, 0.15) is 5.75 Å². The third kappa shape index (κ3) is 3.54. The molecular formula is C19H25ClN2O3. The van der Waals surface area contributed by atoms with Crippen molar-refractivity contribution in [1.82, 2.24) is 4.98 Å². The van der Waals surface area contributed by atoms with Crippen LogP contribution in [0.25, 0.3) is 10.8 Å². The van der Waals surface area contributed by atoms with Crippen LogP contribution in [0.15, 0.2) is 29.2 Å². The van der Waals surface area contributed by atoms with Gasteiger partial charge in [-0.05, 0) is 55.7 Å². The van der Waals surface area contributed by atoms with Crippen molar-refractivity contribution in [3.05, 3.63) is 39.8 Å². The molecule has 2 aromatic rings. The van der Waals surface area contributed by atoms with Crippen molar-refractivity contribution in [3.63, 3.8) is 0 Å². The Kier molecular flexibility index (Phi) is 5.37. The first kappa shape index (κ1) is 18.2. The molecule has 136 valence electrons. The summed E-state index contributed by atoms with van der Waals surface area (Å²) in [6.45, 7) is 2.09. The smallest absolute Gasteiger partial charge is 0.255 e. The van der Waals surface area contributed by atoms with Crippen LogP contribution < -0.4 is 16.0 Å². The number of nitrogens with one attached hydrogen (secondary N) is 1. The van der Waals surface area contributed by atoms with E-state index in [4.69, 9.17) is 26.8 Å². The van der Waals surface area contributed by atoms with Gasteiger partial charge in [0.2, 0.25) is 0 Å². The number of fused-ring (bicyclic) bond motifs is 1. The highest BCUT2D eigenvalue weighted by atomic mass is 35.5. The molecule has 0 spiro atoms. The average Bonchev–Trinajstić information content (AvgIpc) is 2.63. The zero-order valence-corrected chi connectivity index (χ0v) is 15.4. The number of ether oxygens (including phenoxy) is 2. The zero-order valence-electron chi connectivity index (χ0n) is 14.7. The number of aromatic nitrogens is 1. The van der Waals surface area contributed by atoms with Gasteiger partial charge in [0.25, 0.3) is 5.56 Å². The lowest BCUT2D eigenvalue weighted by molar-refractivity contribution is -0.0768. The molecule has 6 heteroatoms. The van der Waals surface area contributed by atoms with Crippen LogP contribution in [-0.2, 0) is 4.74 Å². The van der Waals surface area contributed by atoms with E-state index in [1.54, 1.807) is 19.4 Å². The number of methoxy groups -OCH3 is 1. The Morgan fingerprint density at radius 1 is 1.40 bits per heavy atom. The first-order valence-electron chi connectivity index (χ1n) is 8.77. The Morgan fingerprint density at radius 2 is 2.12 bits per heavy atom. The quantitative estimate of drug-likeness (QED) is 0.849. The lowest BCUT2D eigenvalue weighted by atomic mass is 9.77. The summed E-state index contributed by atoms with van der Waals surface area (Å²) < 4.78 is 11.9. The first-order valence-corrected chi connectivity index (χ1v) is 9.15. The molecular weight excluding hydrogens is 340 g/mol. The van der Waals surface area contributed by atoms with E-state index in [1.807, 2.05) is 12.1 Å². The van der Waals surface area contributed by atoms with Crippen LogP contribution >= 0.6 is 11.6 Å². The molecule has 1 fully saturated rings. The second-order valence-corrected chi connectivity index (χ2v) is 7.18. The van der Waals surface area contributed by atoms with Gasteiger partial charge in [0, 0.05) is 24.7 Å². The van der Waals surface area contributed by atoms with Crippen molar-refractivity contribution in [2.45, 2.75) is 56.8 Å². The van der Waals surface area contributed by atoms with E-state index in [2.05, 4.69) is 11.9 Å². The number of H-pyrrole nitrogens is 1. The van der Waals surface area contributed by atoms with E-state index in [0.717, 1.165) is 37.5 Å². The van der Waals surface area contributed by atoms with E-state index < -0.39 is 0 Å². The number of nitrogens with two attached hydrogens (primary N) is 1. The minimum Gasteiger partial charge on any atom is -0.489 e. The predicted octanol–water partition coefficient (Wildman–Crippen LogP) is 3.63. The summed E-state index contributed by atoms with van der Waals surface area (Å²) >= 11 is 6.33. The number of benzene rings is 1. The molecule has 1 heterocycles. The van der Waals surface area contributed by atoms with Crippen LogP contribution in [-0.4, -0.2) is 29.8 Å². The molecule has 0 aliphatic heterocycles. The maximum Gasteiger partial charge on any atom is 0.255 e. The predicted molar refractivity (Wildman–Crippen MR) is 100 cm³/mol. The highest BCUT2D eigenvalue weighted by Gasteiger charge is 2.40. The lowest BCUT2D eigenvalue weighted by Crippen LogP contribution is -2.52. The summed E-state index contributed by atoms with van der Waals surface area (Å²) in [5.74, 6) is 0.620. The van der Waals surface area contributed by atoms with Gasteiger partial charge in [-0.15, -0.1) is 0 Å². The molecule has 25 heavy (non-hydrogen) atoms. The van der Waals surface area contributed by atoms with Crippen molar-refractivity contribution in [2.75, 3.05) is 7.11 Å². The maximum atomic E-state index is 11.8. The zero-order chi connectivity index (χ0) is 18.0. The highest BCUT2D eigenvalue weighted by Crippen LogP contribution is 2.37. The second-order valence-electron chi connectivity index (χ2n) is 6.78. The minimum atomic E-state index is -0.255. The largest absolute Gasteiger partial charge is 0.489 e. The molecule has 3 rings (SSSR count). The van der Waals surface area contributed by atoms with Gasteiger partial charge in [-0.3, -0.25) is 4.79 Å². The van der Waals surface area contributed by atoms with Crippen molar-refractivity contribution < 1.29 is 9.47 Å². The molecule has 1 aromatic carbocycles. The van der Waals surface area contributed by atoms with Gasteiger partial charge in [-0.1, -0.05) is 18.5 Å². The molecule has 1 aliphatic rings. The fourth-order valence-corrected chi connectivity index (χ4v) is 3.96. The number of aromatic amines is 1. The van der Waals surface area contributed by atoms with Crippen molar-refractivity contribution in [1.29, 1.82) is 0 Å². The fraction of sp³-hybridized carbons (Fsp3) is 0.526. The summed E-state index contributed by atoms with van der Waals surface area (Å²) in [6.07, 6.45) is 6.06. The monoisotopic (exact) mass is 364 g/mol. The van der Waals surface area contributed by atoms with E-state index >= 15 is 0 Å². The molecule has 0 saturated heterocycles. The summed E-state index contributed by atoms with van der Waals surface area (Å²) in [6, 6.07) is 5.38.